The van der Waals surface area contributed by atoms with Gasteiger partial charge < -0.3 is 9.64 Å². The zero-order valence-electron chi connectivity index (χ0n) is 14.3. The van der Waals surface area contributed by atoms with Crippen LogP contribution >= 0.6 is 0 Å². The van der Waals surface area contributed by atoms with Gasteiger partial charge in [-0.15, -0.1) is 0 Å². The van der Waals surface area contributed by atoms with Gasteiger partial charge in [0.1, 0.15) is 5.75 Å². The zero-order chi connectivity index (χ0) is 17.5. The average Bonchev–Trinajstić information content (AvgIpc) is 3.27. The van der Waals surface area contributed by atoms with Crippen molar-refractivity contribution in [3.63, 3.8) is 0 Å². The number of carbonyl (C=O) groups excluding carboxylic acids is 1. The van der Waals surface area contributed by atoms with Gasteiger partial charge in [0.2, 0.25) is 10.0 Å². The second kappa shape index (κ2) is 6.37. The van der Waals surface area contributed by atoms with E-state index in [9.17, 15) is 13.2 Å². The van der Waals surface area contributed by atoms with Gasteiger partial charge in [-0.2, -0.15) is 0 Å². The SMILES string of the molecule is COc1cccc(C(=O)N2C[C@H](NS(C)(=O)=O)[C@@H](C3CC3)C2)c1C. The molecule has 1 N–H and O–H groups in total. The minimum absolute atomic E-state index is 0.0603. The molecule has 0 spiro atoms. The molecule has 1 saturated carbocycles. The van der Waals surface area contributed by atoms with Gasteiger partial charge in [-0.3, -0.25) is 4.79 Å². The summed E-state index contributed by atoms with van der Waals surface area (Å²) in [5.74, 6) is 1.35. The summed E-state index contributed by atoms with van der Waals surface area (Å²) in [5, 5.41) is 0. The highest BCUT2D eigenvalue weighted by atomic mass is 32.2. The zero-order valence-corrected chi connectivity index (χ0v) is 15.1. The van der Waals surface area contributed by atoms with Gasteiger partial charge in [0.15, 0.2) is 0 Å². The second-order valence-corrected chi connectivity index (χ2v) is 8.62. The molecule has 1 heterocycles. The number of rotatable bonds is 5. The molecule has 0 radical (unpaired) electrons. The standard InChI is InChI=1S/C17H24N2O4S/c1-11-13(5-4-6-16(11)23-2)17(20)19-9-14(12-7-8-12)15(10-19)18-24(3,21)22/h4-6,12,14-15,18H,7-10H2,1-3H3/t14-,15+/m1/s1. The molecule has 3 rings (SSSR count). The van der Waals surface area contributed by atoms with E-state index in [2.05, 4.69) is 4.72 Å². The van der Waals surface area contributed by atoms with E-state index < -0.39 is 10.0 Å². The van der Waals surface area contributed by atoms with Crippen molar-refractivity contribution < 1.29 is 17.9 Å². The Morgan fingerprint density at radius 2 is 2.00 bits per heavy atom. The molecular weight excluding hydrogens is 328 g/mol. The van der Waals surface area contributed by atoms with Crippen LogP contribution in [0, 0.1) is 18.8 Å². The molecule has 0 aromatic heterocycles. The van der Waals surface area contributed by atoms with E-state index in [4.69, 9.17) is 4.74 Å². The van der Waals surface area contributed by atoms with Gasteiger partial charge in [-0.25, -0.2) is 13.1 Å². The van der Waals surface area contributed by atoms with Crippen LogP contribution in [0.25, 0.3) is 0 Å². The van der Waals surface area contributed by atoms with E-state index >= 15 is 0 Å². The first-order valence-corrected chi connectivity index (χ1v) is 10.1. The lowest BCUT2D eigenvalue weighted by Gasteiger charge is -2.18. The lowest BCUT2D eigenvalue weighted by molar-refractivity contribution is 0.0783. The summed E-state index contributed by atoms with van der Waals surface area (Å²) in [6.45, 7) is 2.89. The predicted octanol–water partition coefficient (Wildman–Crippen LogP) is 1.40. The Morgan fingerprint density at radius 1 is 1.29 bits per heavy atom. The highest BCUT2D eigenvalue weighted by Crippen LogP contribution is 2.42. The summed E-state index contributed by atoms with van der Waals surface area (Å²) in [7, 11) is -1.70. The third-order valence-electron chi connectivity index (χ3n) is 4.98. The van der Waals surface area contributed by atoms with E-state index in [1.54, 1.807) is 24.1 Å². The van der Waals surface area contributed by atoms with Crippen molar-refractivity contribution in [2.75, 3.05) is 26.5 Å². The first kappa shape index (κ1) is 17.2. The van der Waals surface area contributed by atoms with Crippen molar-refractivity contribution in [3.8, 4) is 5.75 Å². The summed E-state index contributed by atoms with van der Waals surface area (Å²) < 4.78 is 31.3. The number of carbonyl (C=O) groups is 1. The Morgan fingerprint density at radius 3 is 2.58 bits per heavy atom. The summed E-state index contributed by atoms with van der Waals surface area (Å²) in [6, 6.07) is 5.24. The van der Waals surface area contributed by atoms with Crippen molar-refractivity contribution in [1.29, 1.82) is 0 Å². The van der Waals surface area contributed by atoms with Gasteiger partial charge in [-0.1, -0.05) is 6.07 Å². The van der Waals surface area contributed by atoms with Crippen LogP contribution in [0.3, 0.4) is 0 Å². The highest BCUT2D eigenvalue weighted by Gasteiger charge is 2.44. The minimum atomic E-state index is -3.29. The number of nitrogens with one attached hydrogen (secondary N) is 1. The van der Waals surface area contributed by atoms with Gasteiger partial charge in [0, 0.05) is 30.3 Å². The molecule has 132 valence electrons. The molecule has 1 aliphatic carbocycles. The van der Waals surface area contributed by atoms with Crippen LogP contribution in [0.4, 0.5) is 0 Å². The Kier molecular flexibility index (Phi) is 4.57. The van der Waals surface area contributed by atoms with Crippen molar-refractivity contribution >= 4 is 15.9 Å². The number of sulfonamides is 1. The maximum Gasteiger partial charge on any atom is 0.254 e. The molecular formula is C17H24N2O4S. The summed E-state index contributed by atoms with van der Waals surface area (Å²) >= 11 is 0. The fourth-order valence-electron chi connectivity index (χ4n) is 3.63. The van der Waals surface area contributed by atoms with E-state index in [1.165, 1.54) is 6.26 Å². The predicted molar refractivity (Wildman–Crippen MR) is 91.6 cm³/mol. The van der Waals surface area contributed by atoms with Gasteiger partial charge >= 0.3 is 0 Å². The third kappa shape index (κ3) is 3.57. The van der Waals surface area contributed by atoms with Crippen LogP contribution in [0.2, 0.25) is 0 Å². The molecule has 2 aliphatic rings. The molecule has 2 atom stereocenters. The average molecular weight is 352 g/mol. The van der Waals surface area contributed by atoms with Crippen LogP contribution < -0.4 is 9.46 Å². The highest BCUT2D eigenvalue weighted by molar-refractivity contribution is 7.88. The van der Waals surface area contributed by atoms with E-state index in [1.807, 2.05) is 13.0 Å². The summed E-state index contributed by atoms with van der Waals surface area (Å²) in [4.78, 5) is 14.7. The fraction of sp³-hybridized carbons (Fsp3) is 0.588. The maximum absolute atomic E-state index is 12.9. The normalized spacial score (nSPS) is 24.2. The Labute approximate surface area is 143 Å². The molecule has 6 nitrogen and oxygen atoms in total. The molecule has 1 saturated heterocycles. The van der Waals surface area contributed by atoms with Crippen molar-refractivity contribution in [1.82, 2.24) is 9.62 Å². The minimum Gasteiger partial charge on any atom is -0.496 e. The van der Waals surface area contributed by atoms with Gasteiger partial charge in [-0.05, 0) is 43.7 Å². The lowest BCUT2D eigenvalue weighted by Crippen LogP contribution is -2.41. The lowest BCUT2D eigenvalue weighted by atomic mass is 9.99. The number of ether oxygens (including phenoxy) is 1. The smallest absolute Gasteiger partial charge is 0.254 e. The number of nitrogens with zero attached hydrogens (tertiary/aromatic N) is 1. The molecule has 1 aromatic rings. The molecule has 2 fully saturated rings. The van der Waals surface area contributed by atoms with Crippen molar-refractivity contribution in [2.45, 2.75) is 25.8 Å². The number of methoxy groups -OCH3 is 1. The Hall–Kier alpha value is -1.60. The van der Waals surface area contributed by atoms with Crippen LogP contribution in [0.15, 0.2) is 18.2 Å². The van der Waals surface area contributed by atoms with E-state index in [0.29, 0.717) is 30.3 Å². The van der Waals surface area contributed by atoms with E-state index in [-0.39, 0.29) is 17.9 Å². The van der Waals surface area contributed by atoms with Crippen molar-refractivity contribution in [2.24, 2.45) is 11.8 Å². The maximum atomic E-state index is 12.9. The number of amides is 1. The first-order chi connectivity index (χ1) is 11.3. The van der Waals surface area contributed by atoms with E-state index in [0.717, 1.165) is 18.4 Å². The number of benzene rings is 1. The largest absolute Gasteiger partial charge is 0.496 e. The molecule has 1 aliphatic heterocycles. The number of hydrogen-bond donors (Lipinski definition) is 1. The molecule has 1 aromatic carbocycles. The molecule has 0 bridgehead atoms. The third-order valence-corrected chi connectivity index (χ3v) is 5.71. The summed E-state index contributed by atoms with van der Waals surface area (Å²) in [6.07, 6.45) is 3.41. The Bertz CT molecular complexity index is 743. The molecule has 7 heteroatoms. The van der Waals surface area contributed by atoms with Gasteiger partial charge in [0.05, 0.1) is 13.4 Å². The molecule has 24 heavy (non-hydrogen) atoms. The summed E-state index contributed by atoms with van der Waals surface area (Å²) in [5.41, 5.74) is 1.43. The van der Waals surface area contributed by atoms with Crippen LogP contribution in [-0.4, -0.2) is 51.7 Å². The van der Waals surface area contributed by atoms with Crippen LogP contribution in [0.1, 0.15) is 28.8 Å². The van der Waals surface area contributed by atoms with Gasteiger partial charge in [0.25, 0.3) is 5.91 Å². The first-order valence-electron chi connectivity index (χ1n) is 8.20. The molecule has 1 amide bonds. The molecule has 0 unspecified atom stereocenters. The topological polar surface area (TPSA) is 75.7 Å². The van der Waals surface area contributed by atoms with Crippen LogP contribution in [0.5, 0.6) is 5.75 Å². The quantitative estimate of drug-likeness (QED) is 0.869. The number of hydrogen-bond acceptors (Lipinski definition) is 4. The Balaban J connectivity index is 1.81. The fourth-order valence-corrected chi connectivity index (χ4v) is 4.43. The second-order valence-electron chi connectivity index (χ2n) is 6.84. The van der Waals surface area contributed by atoms with Crippen molar-refractivity contribution in [3.05, 3.63) is 29.3 Å². The number of likely N-dealkylation sites (tertiary alicyclic amines) is 1. The van der Waals surface area contributed by atoms with Crippen LogP contribution in [-0.2, 0) is 10.0 Å². The monoisotopic (exact) mass is 352 g/mol.